The Morgan fingerprint density at radius 1 is 1.06 bits per heavy atom. The number of rotatable bonds is 7. The lowest BCUT2D eigenvalue weighted by Crippen LogP contribution is -2.58. The minimum atomic E-state index is -2.54. The summed E-state index contributed by atoms with van der Waals surface area (Å²) in [5, 5.41) is 0. The summed E-state index contributed by atoms with van der Waals surface area (Å²) in [6, 6.07) is 0. The van der Waals surface area contributed by atoms with E-state index in [4.69, 9.17) is 19.0 Å². The summed E-state index contributed by atoms with van der Waals surface area (Å²) < 4.78 is 16.2. The first-order valence-electron chi connectivity index (χ1n) is 5.93. The molecule has 8 heteroatoms. The lowest BCUT2D eigenvalue weighted by Gasteiger charge is -2.37. The van der Waals surface area contributed by atoms with Gasteiger partial charge in [-0.15, -0.1) is 0 Å². The predicted octanol–water partition coefficient (Wildman–Crippen LogP) is -1.49. The van der Waals surface area contributed by atoms with E-state index in [0.29, 0.717) is 12.7 Å². The van der Waals surface area contributed by atoms with Crippen LogP contribution in [0.2, 0.25) is 0 Å². The molecule has 0 unspecified atom stereocenters. The van der Waals surface area contributed by atoms with Crippen molar-refractivity contribution in [3.05, 3.63) is 0 Å². The Labute approximate surface area is 109 Å². The third kappa shape index (κ3) is 4.30. The Morgan fingerprint density at radius 3 is 1.89 bits per heavy atom. The van der Waals surface area contributed by atoms with Gasteiger partial charge in [0.1, 0.15) is 0 Å². The molecule has 0 aromatic carbocycles. The molecule has 1 saturated heterocycles. The Kier molecular flexibility index (Phi) is 6.19. The van der Waals surface area contributed by atoms with Gasteiger partial charge < -0.3 is 19.0 Å². The van der Waals surface area contributed by atoms with Gasteiger partial charge in [-0.25, -0.2) is 0 Å². The smallest absolute Gasteiger partial charge is 0.376 e. The molecule has 0 aromatic rings. The van der Waals surface area contributed by atoms with Crippen molar-refractivity contribution < 1.29 is 18.1 Å². The number of nitrogens with zero attached hydrogens (tertiary/aromatic N) is 2. The maximum Gasteiger partial charge on any atom is 0.514 e. The van der Waals surface area contributed by atoms with Crippen molar-refractivity contribution in [2.75, 3.05) is 60.2 Å². The average molecular weight is 277 g/mol. The van der Waals surface area contributed by atoms with Gasteiger partial charge >= 0.3 is 8.80 Å². The van der Waals surface area contributed by atoms with Crippen LogP contribution in [0.4, 0.5) is 0 Å². The highest BCUT2D eigenvalue weighted by Gasteiger charge is 2.40. The summed E-state index contributed by atoms with van der Waals surface area (Å²) in [5.41, 5.74) is 5.18. The van der Waals surface area contributed by atoms with Crippen molar-refractivity contribution in [2.45, 2.75) is 0 Å². The molecular weight excluding hydrogens is 254 g/mol. The SMILES string of the molecule is CO[Si](CN1CCN(CC(N)=O)CC1)(OC)OC. The summed E-state index contributed by atoms with van der Waals surface area (Å²) in [6.07, 6.45) is 0.668. The van der Waals surface area contributed by atoms with Crippen LogP contribution in [0.15, 0.2) is 0 Å². The molecule has 0 saturated carbocycles. The van der Waals surface area contributed by atoms with Crippen LogP contribution in [0.1, 0.15) is 0 Å². The van der Waals surface area contributed by atoms with Crippen LogP contribution in [0.5, 0.6) is 0 Å². The van der Waals surface area contributed by atoms with Crippen LogP contribution < -0.4 is 5.73 Å². The highest BCUT2D eigenvalue weighted by molar-refractivity contribution is 6.60. The van der Waals surface area contributed by atoms with E-state index in [2.05, 4.69) is 9.80 Å². The first kappa shape index (κ1) is 15.5. The van der Waals surface area contributed by atoms with Crippen LogP contribution in [0.25, 0.3) is 0 Å². The molecule has 2 N–H and O–H groups in total. The summed E-state index contributed by atoms with van der Waals surface area (Å²) in [6.45, 7) is 3.70. The van der Waals surface area contributed by atoms with Crippen molar-refractivity contribution in [3.63, 3.8) is 0 Å². The van der Waals surface area contributed by atoms with Gasteiger partial charge in [0.15, 0.2) is 0 Å². The van der Waals surface area contributed by atoms with E-state index in [0.717, 1.165) is 26.2 Å². The molecule has 7 nitrogen and oxygen atoms in total. The number of nitrogens with two attached hydrogens (primary N) is 1. The first-order valence-corrected chi connectivity index (χ1v) is 7.87. The topological polar surface area (TPSA) is 77.3 Å². The van der Waals surface area contributed by atoms with Crippen molar-refractivity contribution in [1.82, 2.24) is 9.80 Å². The Balaban J connectivity index is 2.41. The normalized spacial score (nSPS) is 19.1. The van der Waals surface area contributed by atoms with Gasteiger partial charge in [-0.2, -0.15) is 0 Å². The summed E-state index contributed by atoms with van der Waals surface area (Å²) in [5.74, 6) is -0.280. The molecule has 1 fully saturated rings. The molecule has 18 heavy (non-hydrogen) atoms. The van der Waals surface area contributed by atoms with Crippen molar-refractivity contribution in [1.29, 1.82) is 0 Å². The first-order chi connectivity index (χ1) is 8.55. The molecule has 0 aliphatic carbocycles. The zero-order valence-electron chi connectivity index (χ0n) is 11.3. The van der Waals surface area contributed by atoms with Gasteiger partial charge in [-0.1, -0.05) is 0 Å². The fourth-order valence-corrected chi connectivity index (χ4v) is 3.79. The molecule has 1 rings (SSSR count). The van der Waals surface area contributed by atoms with Crippen molar-refractivity contribution in [2.24, 2.45) is 5.73 Å². The molecular formula is C10H23N3O4Si. The molecule has 1 amide bonds. The maximum absolute atomic E-state index is 10.8. The number of piperazine rings is 1. The van der Waals surface area contributed by atoms with E-state index < -0.39 is 8.80 Å². The molecule has 1 aliphatic rings. The predicted molar refractivity (Wildman–Crippen MR) is 68.9 cm³/mol. The minimum Gasteiger partial charge on any atom is -0.376 e. The van der Waals surface area contributed by atoms with E-state index in [9.17, 15) is 4.79 Å². The van der Waals surface area contributed by atoms with E-state index in [1.165, 1.54) is 0 Å². The van der Waals surface area contributed by atoms with E-state index in [1.807, 2.05) is 0 Å². The van der Waals surface area contributed by atoms with Gasteiger partial charge in [0.25, 0.3) is 0 Å². The average Bonchev–Trinajstić information content (AvgIpc) is 2.38. The Hall–Kier alpha value is -0.513. The van der Waals surface area contributed by atoms with Gasteiger partial charge in [0.05, 0.1) is 12.7 Å². The molecule has 0 spiro atoms. The van der Waals surface area contributed by atoms with Crippen LogP contribution in [0.3, 0.4) is 0 Å². The molecule has 1 aliphatic heterocycles. The third-order valence-corrected chi connectivity index (χ3v) is 5.90. The number of carbonyl (C=O) groups is 1. The summed E-state index contributed by atoms with van der Waals surface area (Å²) in [7, 11) is 2.30. The van der Waals surface area contributed by atoms with E-state index in [-0.39, 0.29) is 5.91 Å². The number of carbonyl (C=O) groups excluding carboxylic acids is 1. The number of hydrogen-bond donors (Lipinski definition) is 1. The fourth-order valence-electron chi connectivity index (χ4n) is 2.04. The molecule has 0 radical (unpaired) electrons. The second-order valence-electron chi connectivity index (χ2n) is 4.31. The Bertz CT molecular complexity index is 260. The molecule has 0 atom stereocenters. The molecule has 0 bridgehead atoms. The van der Waals surface area contributed by atoms with Crippen molar-refractivity contribution in [3.8, 4) is 0 Å². The van der Waals surface area contributed by atoms with Crippen LogP contribution in [-0.2, 0) is 18.1 Å². The van der Waals surface area contributed by atoms with Crippen LogP contribution in [0, 0.1) is 0 Å². The largest absolute Gasteiger partial charge is 0.514 e. The highest BCUT2D eigenvalue weighted by atomic mass is 28.4. The molecule has 0 aromatic heterocycles. The zero-order chi connectivity index (χ0) is 13.6. The quantitative estimate of drug-likeness (QED) is 0.571. The monoisotopic (exact) mass is 277 g/mol. The maximum atomic E-state index is 10.8. The van der Waals surface area contributed by atoms with E-state index >= 15 is 0 Å². The van der Waals surface area contributed by atoms with Gasteiger partial charge in [0.2, 0.25) is 5.91 Å². The third-order valence-electron chi connectivity index (χ3n) is 3.19. The lowest BCUT2D eigenvalue weighted by molar-refractivity contribution is -0.119. The summed E-state index contributed by atoms with van der Waals surface area (Å²) >= 11 is 0. The lowest BCUT2D eigenvalue weighted by atomic mass is 10.3. The number of primary amides is 1. The highest BCUT2D eigenvalue weighted by Crippen LogP contribution is 2.11. The number of hydrogen-bond acceptors (Lipinski definition) is 6. The molecule has 106 valence electrons. The van der Waals surface area contributed by atoms with Crippen LogP contribution in [-0.4, -0.2) is 84.7 Å². The fraction of sp³-hybridized carbons (Fsp3) is 0.900. The zero-order valence-corrected chi connectivity index (χ0v) is 12.3. The van der Waals surface area contributed by atoms with Gasteiger partial charge in [0, 0.05) is 47.5 Å². The van der Waals surface area contributed by atoms with Crippen molar-refractivity contribution >= 4 is 14.7 Å². The van der Waals surface area contributed by atoms with Crippen LogP contribution >= 0.6 is 0 Å². The number of amides is 1. The Morgan fingerprint density at radius 2 is 1.50 bits per heavy atom. The van der Waals surface area contributed by atoms with Gasteiger partial charge in [-0.3, -0.25) is 14.6 Å². The molecule has 1 heterocycles. The minimum absolute atomic E-state index is 0.280. The van der Waals surface area contributed by atoms with Gasteiger partial charge in [-0.05, 0) is 0 Å². The summed E-state index contributed by atoms with van der Waals surface area (Å²) in [4.78, 5) is 15.1. The second-order valence-corrected chi connectivity index (χ2v) is 7.22. The second kappa shape index (κ2) is 7.17. The van der Waals surface area contributed by atoms with E-state index in [1.54, 1.807) is 21.3 Å². The standard InChI is InChI=1S/C10H23N3O4Si/c1-15-18(16-2,17-3)9-13-6-4-12(5-7-13)8-10(11)14/h4-9H2,1-3H3,(H2,11,14).